The third-order valence-corrected chi connectivity index (χ3v) is 2.94. The molecule has 16 heavy (non-hydrogen) atoms. The Kier molecular flexibility index (Phi) is 5.60. The van der Waals surface area contributed by atoms with Crippen molar-refractivity contribution in [1.29, 1.82) is 0 Å². The van der Waals surface area contributed by atoms with E-state index in [2.05, 4.69) is 17.1 Å². The Morgan fingerprint density at radius 2 is 2.31 bits per heavy atom. The number of ether oxygens (including phenoxy) is 1. The van der Waals surface area contributed by atoms with E-state index < -0.39 is 0 Å². The van der Waals surface area contributed by atoms with Crippen LogP contribution < -0.4 is 5.32 Å². The molecule has 1 fully saturated rings. The van der Waals surface area contributed by atoms with Crippen LogP contribution in [0.2, 0.25) is 0 Å². The molecule has 0 aromatic rings. The van der Waals surface area contributed by atoms with Crippen molar-refractivity contribution in [2.24, 2.45) is 5.92 Å². The average molecular weight is 228 g/mol. The van der Waals surface area contributed by atoms with Gasteiger partial charge in [0.2, 0.25) is 0 Å². The number of likely N-dealkylation sites (tertiary alicyclic amines) is 1. The van der Waals surface area contributed by atoms with Gasteiger partial charge in [-0.2, -0.15) is 0 Å². The first-order chi connectivity index (χ1) is 7.63. The molecular weight excluding hydrogens is 204 g/mol. The molecule has 0 spiro atoms. The number of carbonyl (C=O) groups is 1. The molecular formula is C12H24N2O2. The minimum absolute atomic E-state index is 0.281. The molecule has 1 aliphatic heterocycles. The lowest BCUT2D eigenvalue weighted by Crippen LogP contribution is -2.40. The van der Waals surface area contributed by atoms with Crippen LogP contribution in [0.25, 0.3) is 0 Å². The van der Waals surface area contributed by atoms with E-state index >= 15 is 0 Å². The molecule has 1 N–H and O–H groups in total. The summed E-state index contributed by atoms with van der Waals surface area (Å²) in [5.41, 5.74) is 0. The number of nitrogens with zero attached hydrogens (tertiary/aromatic N) is 1. The molecule has 0 aliphatic carbocycles. The number of likely N-dealkylation sites (N-methyl/N-ethyl adjacent to an activating group) is 1. The molecule has 94 valence electrons. The fraction of sp³-hybridized carbons (Fsp3) is 0.917. The Morgan fingerprint density at radius 1 is 1.56 bits per heavy atom. The van der Waals surface area contributed by atoms with Gasteiger partial charge >= 0.3 is 6.09 Å². The van der Waals surface area contributed by atoms with E-state index in [1.807, 2.05) is 13.8 Å². The third-order valence-electron chi connectivity index (χ3n) is 2.94. The van der Waals surface area contributed by atoms with Gasteiger partial charge in [0.25, 0.3) is 0 Å². The summed E-state index contributed by atoms with van der Waals surface area (Å²) in [6, 6.07) is 0.497. The van der Waals surface area contributed by atoms with Gasteiger partial charge in [0, 0.05) is 12.6 Å². The molecule has 0 aromatic heterocycles. The highest BCUT2D eigenvalue weighted by Crippen LogP contribution is 2.15. The quantitative estimate of drug-likeness (QED) is 0.781. The minimum atomic E-state index is -0.281. The van der Waals surface area contributed by atoms with Crippen molar-refractivity contribution >= 4 is 6.09 Å². The van der Waals surface area contributed by atoms with Gasteiger partial charge in [-0.25, -0.2) is 4.79 Å². The predicted molar refractivity (Wildman–Crippen MR) is 64.5 cm³/mol. The summed E-state index contributed by atoms with van der Waals surface area (Å²) in [4.78, 5) is 13.8. The van der Waals surface area contributed by atoms with E-state index in [0.717, 1.165) is 13.1 Å². The highest BCUT2D eigenvalue weighted by Gasteiger charge is 2.23. The Morgan fingerprint density at radius 3 is 2.94 bits per heavy atom. The Hall–Kier alpha value is -0.770. The standard InChI is InChI=1S/C12H24N2O2/c1-4-14-7-5-6-11(14)8-13-12(15)16-9-10(2)3/h10-11H,4-9H2,1-3H3,(H,13,15)/t11-/m0/s1. The van der Waals surface area contributed by atoms with Crippen molar-refractivity contribution in [3.05, 3.63) is 0 Å². The number of nitrogens with one attached hydrogen (secondary N) is 1. The molecule has 1 saturated heterocycles. The maximum absolute atomic E-state index is 11.3. The number of alkyl carbamates (subject to hydrolysis) is 1. The molecule has 0 aromatic carbocycles. The van der Waals surface area contributed by atoms with E-state index in [9.17, 15) is 4.79 Å². The molecule has 4 heteroatoms. The monoisotopic (exact) mass is 228 g/mol. The zero-order valence-corrected chi connectivity index (χ0v) is 10.7. The number of amides is 1. The van der Waals surface area contributed by atoms with Crippen LogP contribution in [-0.4, -0.2) is 43.3 Å². The smallest absolute Gasteiger partial charge is 0.407 e. The fourth-order valence-electron chi connectivity index (χ4n) is 2.04. The fourth-order valence-corrected chi connectivity index (χ4v) is 2.04. The van der Waals surface area contributed by atoms with E-state index in [-0.39, 0.29) is 6.09 Å². The van der Waals surface area contributed by atoms with E-state index in [0.29, 0.717) is 25.1 Å². The lowest BCUT2D eigenvalue weighted by atomic mass is 10.2. The van der Waals surface area contributed by atoms with Crippen molar-refractivity contribution in [3.63, 3.8) is 0 Å². The molecule has 1 rings (SSSR count). The van der Waals surface area contributed by atoms with Crippen LogP contribution in [0, 0.1) is 5.92 Å². The number of hydrogen-bond acceptors (Lipinski definition) is 3. The van der Waals surface area contributed by atoms with Gasteiger partial charge in [-0.05, 0) is 31.8 Å². The van der Waals surface area contributed by atoms with Gasteiger partial charge in [0.15, 0.2) is 0 Å². The van der Waals surface area contributed by atoms with E-state index in [1.165, 1.54) is 12.8 Å². The van der Waals surface area contributed by atoms with Gasteiger partial charge in [-0.3, -0.25) is 4.90 Å². The van der Waals surface area contributed by atoms with Crippen LogP contribution in [-0.2, 0) is 4.74 Å². The highest BCUT2D eigenvalue weighted by atomic mass is 16.5. The van der Waals surface area contributed by atoms with Crippen molar-refractivity contribution < 1.29 is 9.53 Å². The van der Waals surface area contributed by atoms with Gasteiger partial charge in [0.1, 0.15) is 0 Å². The summed E-state index contributed by atoms with van der Waals surface area (Å²) in [5.74, 6) is 0.393. The second kappa shape index (κ2) is 6.74. The molecule has 1 atom stereocenters. The maximum Gasteiger partial charge on any atom is 0.407 e. The molecule has 0 radical (unpaired) electrons. The lowest BCUT2D eigenvalue weighted by Gasteiger charge is -2.22. The van der Waals surface area contributed by atoms with Crippen LogP contribution >= 0.6 is 0 Å². The maximum atomic E-state index is 11.3. The number of rotatable bonds is 5. The largest absolute Gasteiger partial charge is 0.449 e. The first-order valence-electron chi connectivity index (χ1n) is 6.28. The van der Waals surface area contributed by atoms with Crippen LogP contribution in [0.3, 0.4) is 0 Å². The van der Waals surface area contributed by atoms with Crippen LogP contribution in [0.1, 0.15) is 33.6 Å². The summed E-state index contributed by atoms with van der Waals surface area (Å²) in [5, 5.41) is 2.84. The summed E-state index contributed by atoms with van der Waals surface area (Å²) in [6.45, 7) is 9.65. The Bertz CT molecular complexity index is 219. The highest BCUT2D eigenvalue weighted by molar-refractivity contribution is 5.67. The van der Waals surface area contributed by atoms with E-state index in [1.54, 1.807) is 0 Å². The SMILES string of the molecule is CCN1CCC[C@H]1CNC(=O)OCC(C)C. The molecule has 1 aliphatic rings. The van der Waals surface area contributed by atoms with Gasteiger partial charge in [0.05, 0.1) is 6.61 Å². The third kappa shape index (κ3) is 4.39. The summed E-state index contributed by atoms with van der Waals surface area (Å²) in [7, 11) is 0. The first-order valence-corrected chi connectivity index (χ1v) is 6.28. The van der Waals surface area contributed by atoms with Crippen molar-refractivity contribution in [1.82, 2.24) is 10.2 Å². The normalized spacial score (nSPS) is 21.4. The second-order valence-corrected chi connectivity index (χ2v) is 4.80. The van der Waals surface area contributed by atoms with E-state index in [4.69, 9.17) is 4.74 Å². The number of carbonyl (C=O) groups excluding carboxylic acids is 1. The van der Waals surface area contributed by atoms with Gasteiger partial charge in [-0.1, -0.05) is 20.8 Å². The molecule has 0 bridgehead atoms. The molecule has 0 unspecified atom stereocenters. The average Bonchev–Trinajstić information content (AvgIpc) is 2.70. The summed E-state index contributed by atoms with van der Waals surface area (Å²) in [6.07, 6.45) is 2.14. The zero-order chi connectivity index (χ0) is 12.0. The van der Waals surface area contributed by atoms with Crippen molar-refractivity contribution in [2.45, 2.75) is 39.7 Å². The molecule has 1 heterocycles. The summed E-state index contributed by atoms with van der Waals surface area (Å²) < 4.78 is 5.06. The van der Waals surface area contributed by atoms with Gasteiger partial charge < -0.3 is 10.1 Å². The first kappa shape index (κ1) is 13.3. The van der Waals surface area contributed by atoms with Crippen LogP contribution in [0.5, 0.6) is 0 Å². The van der Waals surface area contributed by atoms with Crippen molar-refractivity contribution in [2.75, 3.05) is 26.2 Å². The predicted octanol–water partition coefficient (Wildman–Crippen LogP) is 1.85. The Labute approximate surface area is 98.3 Å². The van der Waals surface area contributed by atoms with Crippen molar-refractivity contribution in [3.8, 4) is 0 Å². The Balaban J connectivity index is 2.16. The lowest BCUT2D eigenvalue weighted by molar-refractivity contribution is 0.129. The van der Waals surface area contributed by atoms with Crippen LogP contribution in [0.15, 0.2) is 0 Å². The summed E-state index contributed by atoms with van der Waals surface area (Å²) >= 11 is 0. The zero-order valence-electron chi connectivity index (χ0n) is 10.7. The minimum Gasteiger partial charge on any atom is -0.449 e. The second-order valence-electron chi connectivity index (χ2n) is 4.80. The number of hydrogen-bond donors (Lipinski definition) is 1. The molecule has 0 saturated carbocycles. The molecule has 1 amide bonds. The van der Waals surface area contributed by atoms with Crippen LogP contribution in [0.4, 0.5) is 4.79 Å². The topological polar surface area (TPSA) is 41.6 Å². The molecule has 4 nitrogen and oxygen atoms in total. The van der Waals surface area contributed by atoms with Gasteiger partial charge in [-0.15, -0.1) is 0 Å².